The van der Waals surface area contributed by atoms with Crippen LogP contribution in [-0.2, 0) is 9.59 Å². The lowest BCUT2D eigenvalue weighted by atomic mass is 9.85. The quantitative estimate of drug-likeness (QED) is 0.429. The highest BCUT2D eigenvalue weighted by Crippen LogP contribution is 2.31. The third kappa shape index (κ3) is 4.21. The molecule has 2 saturated heterocycles. The second-order valence-electron chi connectivity index (χ2n) is 9.02. The lowest BCUT2D eigenvalue weighted by Crippen LogP contribution is -3.16. The largest absolute Gasteiger partial charge is 0.360 e. The van der Waals surface area contributed by atoms with Crippen molar-refractivity contribution in [2.75, 3.05) is 37.7 Å². The number of carbonyl (C=O) groups is 4. The second-order valence-corrected chi connectivity index (χ2v) is 9.02. The van der Waals surface area contributed by atoms with E-state index in [-0.39, 0.29) is 24.4 Å². The smallest absolute Gasteiger partial charge is 0.338 e. The van der Waals surface area contributed by atoms with Gasteiger partial charge in [0, 0.05) is 17.3 Å². The molecule has 4 rings (SSSR count). The fourth-order valence-electron chi connectivity index (χ4n) is 5.00. The molecule has 0 unspecified atom stereocenters. The van der Waals surface area contributed by atoms with E-state index < -0.39 is 17.8 Å². The molecular weight excluding hydrogens is 396 g/mol. The van der Waals surface area contributed by atoms with Crippen LogP contribution in [0.15, 0.2) is 24.3 Å². The van der Waals surface area contributed by atoms with Gasteiger partial charge in [-0.2, -0.15) is 0 Å². The summed E-state index contributed by atoms with van der Waals surface area (Å²) >= 11 is 0. The molecule has 0 spiro atoms. The van der Waals surface area contributed by atoms with E-state index in [9.17, 15) is 19.2 Å². The normalized spacial score (nSPS) is 25.5. The number of quaternary nitrogens is 1. The molecule has 0 aromatic heterocycles. The van der Waals surface area contributed by atoms with Crippen molar-refractivity contribution in [3.05, 3.63) is 29.8 Å². The number of piperazine rings is 1. The Morgan fingerprint density at radius 3 is 2.26 bits per heavy atom. The fraction of sp³-hybridized carbons (Fsp3) is 0.565. The van der Waals surface area contributed by atoms with Gasteiger partial charge in [0.05, 0.1) is 26.2 Å². The van der Waals surface area contributed by atoms with Crippen LogP contribution >= 0.6 is 0 Å². The molecule has 8 nitrogen and oxygen atoms in total. The highest BCUT2D eigenvalue weighted by molar-refractivity contribution is 6.44. The van der Waals surface area contributed by atoms with Gasteiger partial charge in [0.2, 0.25) is 0 Å². The Hall–Kier alpha value is -2.74. The second kappa shape index (κ2) is 8.78. The standard InChI is InChI=1S/C23H30N4O4/c1-16-5-3-4-6-20(16)27-22(30)21(29)26(23(27)31)15-24-11-13-25(14-12-24)19-9-7-18(8-10-19)17(2)28/h7-10,16,20H,3-6,11-15H2,1-2H3/p+1/t16-,20-/m0/s1. The Morgan fingerprint density at radius 2 is 1.65 bits per heavy atom. The Bertz CT molecular complexity index is 876. The van der Waals surface area contributed by atoms with Gasteiger partial charge in [0.25, 0.3) is 0 Å². The molecule has 1 aromatic rings. The van der Waals surface area contributed by atoms with E-state index in [1.807, 2.05) is 24.3 Å². The van der Waals surface area contributed by atoms with E-state index in [0.29, 0.717) is 5.56 Å². The SMILES string of the molecule is CC(=O)c1ccc(N2CC[NH+](CN3C(=O)C(=O)N([C@H]4CCCC[C@@H]4C)C3=O)CC2)cc1. The molecule has 1 N–H and O–H groups in total. The Balaban J connectivity index is 1.35. The van der Waals surface area contributed by atoms with Gasteiger partial charge in [-0.3, -0.25) is 19.3 Å². The first-order valence-electron chi connectivity index (χ1n) is 11.3. The van der Waals surface area contributed by atoms with Gasteiger partial charge in [0.15, 0.2) is 12.5 Å². The number of nitrogens with one attached hydrogen (secondary N) is 1. The molecule has 3 aliphatic rings. The minimum absolute atomic E-state index is 0.0481. The van der Waals surface area contributed by atoms with Gasteiger partial charge in [-0.1, -0.05) is 19.8 Å². The maximum atomic E-state index is 13.0. The fourth-order valence-corrected chi connectivity index (χ4v) is 5.00. The lowest BCUT2D eigenvalue weighted by Gasteiger charge is -2.35. The molecule has 166 valence electrons. The minimum atomic E-state index is -0.683. The summed E-state index contributed by atoms with van der Waals surface area (Å²) in [5.41, 5.74) is 1.76. The number of hydrogen-bond acceptors (Lipinski definition) is 5. The predicted molar refractivity (Wildman–Crippen MR) is 115 cm³/mol. The van der Waals surface area contributed by atoms with Crippen LogP contribution in [0, 0.1) is 5.92 Å². The van der Waals surface area contributed by atoms with Gasteiger partial charge in [-0.15, -0.1) is 0 Å². The molecule has 1 saturated carbocycles. The van der Waals surface area contributed by atoms with E-state index in [2.05, 4.69) is 11.8 Å². The number of carbonyl (C=O) groups excluding carboxylic acids is 4. The molecular formula is C23H31N4O4+. The molecule has 0 radical (unpaired) electrons. The maximum absolute atomic E-state index is 13.0. The number of Topliss-reactive ketones (excluding diaryl/α,β-unsaturated/α-hetero) is 1. The van der Waals surface area contributed by atoms with E-state index in [4.69, 9.17) is 0 Å². The van der Waals surface area contributed by atoms with Crippen molar-refractivity contribution in [1.29, 1.82) is 0 Å². The van der Waals surface area contributed by atoms with Crippen molar-refractivity contribution in [3.8, 4) is 0 Å². The van der Waals surface area contributed by atoms with Crippen LogP contribution < -0.4 is 9.80 Å². The number of urea groups is 1. The zero-order chi connectivity index (χ0) is 22.1. The summed E-state index contributed by atoms with van der Waals surface area (Å²) in [5.74, 6) is -1.06. The van der Waals surface area contributed by atoms with Gasteiger partial charge in [-0.05, 0) is 49.9 Å². The molecule has 31 heavy (non-hydrogen) atoms. The number of ketones is 1. The number of anilines is 1. The third-order valence-corrected chi connectivity index (χ3v) is 6.97. The summed E-state index contributed by atoms with van der Waals surface area (Å²) < 4.78 is 0. The van der Waals surface area contributed by atoms with E-state index in [0.717, 1.165) is 67.3 Å². The summed E-state index contributed by atoms with van der Waals surface area (Å²) in [6.45, 7) is 6.94. The number of benzene rings is 1. The van der Waals surface area contributed by atoms with Crippen molar-refractivity contribution in [1.82, 2.24) is 9.80 Å². The van der Waals surface area contributed by atoms with E-state index in [1.54, 1.807) is 6.92 Å². The summed E-state index contributed by atoms with van der Waals surface area (Å²) in [4.78, 5) is 55.4. The van der Waals surface area contributed by atoms with Gasteiger partial charge in [-0.25, -0.2) is 9.69 Å². The van der Waals surface area contributed by atoms with Crippen LogP contribution in [0.25, 0.3) is 0 Å². The zero-order valence-electron chi connectivity index (χ0n) is 18.3. The Labute approximate surface area is 182 Å². The van der Waals surface area contributed by atoms with Crippen LogP contribution in [-0.4, -0.2) is 72.3 Å². The lowest BCUT2D eigenvalue weighted by molar-refractivity contribution is -0.907. The predicted octanol–water partition coefficient (Wildman–Crippen LogP) is 0.921. The first-order valence-corrected chi connectivity index (χ1v) is 11.3. The number of hydrogen-bond donors (Lipinski definition) is 1. The minimum Gasteiger partial charge on any atom is -0.360 e. The molecule has 0 bridgehead atoms. The van der Waals surface area contributed by atoms with Crippen LogP contribution in [0.1, 0.15) is 49.9 Å². The van der Waals surface area contributed by atoms with E-state index in [1.165, 1.54) is 4.90 Å². The summed E-state index contributed by atoms with van der Waals surface area (Å²) in [6.07, 6.45) is 3.86. The monoisotopic (exact) mass is 427 g/mol. The number of nitrogens with zero attached hydrogens (tertiary/aromatic N) is 3. The first kappa shape index (κ1) is 21.5. The average molecular weight is 428 g/mol. The number of rotatable bonds is 5. The van der Waals surface area contributed by atoms with Crippen LogP contribution in [0.5, 0.6) is 0 Å². The molecule has 1 aromatic carbocycles. The average Bonchev–Trinajstić information content (AvgIpc) is 2.98. The van der Waals surface area contributed by atoms with Gasteiger partial charge >= 0.3 is 17.8 Å². The van der Waals surface area contributed by atoms with Crippen molar-refractivity contribution in [2.45, 2.75) is 45.6 Å². The molecule has 4 amide bonds. The van der Waals surface area contributed by atoms with Gasteiger partial charge < -0.3 is 9.80 Å². The first-order chi connectivity index (χ1) is 14.9. The van der Waals surface area contributed by atoms with Gasteiger partial charge in [0.1, 0.15) is 0 Å². The summed E-state index contributed by atoms with van der Waals surface area (Å²) in [5, 5.41) is 0. The van der Waals surface area contributed by atoms with Crippen molar-refractivity contribution >= 4 is 29.3 Å². The van der Waals surface area contributed by atoms with Crippen molar-refractivity contribution < 1.29 is 24.1 Å². The van der Waals surface area contributed by atoms with Crippen LogP contribution in [0.2, 0.25) is 0 Å². The maximum Gasteiger partial charge on any atom is 0.338 e. The number of imide groups is 2. The number of amides is 4. The highest BCUT2D eigenvalue weighted by atomic mass is 16.2. The highest BCUT2D eigenvalue weighted by Gasteiger charge is 2.50. The van der Waals surface area contributed by atoms with Crippen molar-refractivity contribution in [2.24, 2.45) is 5.92 Å². The summed E-state index contributed by atoms with van der Waals surface area (Å²) in [7, 11) is 0. The summed E-state index contributed by atoms with van der Waals surface area (Å²) in [6, 6.07) is 6.99. The van der Waals surface area contributed by atoms with E-state index >= 15 is 0 Å². The Morgan fingerprint density at radius 1 is 1.00 bits per heavy atom. The van der Waals surface area contributed by atoms with Crippen molar-refractivity contribution in [3.63, 3.8) is 0 Å². The zero-order valence-corrected chi connectivity index (χ0v) is 18.3. The Kier molecular flexibility index (Phi) is 6.09. The molecule has 8 heteroatoms. The van der Waals surface area contributed by atoms with Crippen LogP contribution in [0.4, 0.5) is 10.5 Å². The topological polar surface area (TPSA) is 82.4 Å². The third-order valence-electron chi connectivity index (χ3n) is 6.97. The molecule has 1 aliphatic carbocycles. The van der Waals surface area contributed by atoms with Crippen LogP contribution in [0.3, 0.4) is 0 Å². The molecule has 2 atom stereocenters. The molecule has 2 aliphatic heterocycles. The molecule has 3 fully saturated rings. The molecule has 2 heterocycles.